The summed E-state index contributed by atoms with van der Waals surface area (Å²) in [6, 6.07) is 16.8. The molecule has 0 unspecified atom stereocenters. The van der Waals surface area contributed by atoms with Crippen molar-refractivity contribution >= 4 is 23.0 Å². The van der Waals surface area contributed by atoms with Crippen LogP contribution in [0.15, 0.2) is 71.0 Å². The summed E-state index contributed by atoms with van der Waals surface area (Å²) in [7, 11) is 0. The van der Waals surface area contributed by atoms with Gasteiger partial charge in [-0.2, -0.15) is 5.10 Å². The summed E-state index contributed by atoms with van der Waals surface area (Å²) >= 11 is 6.03. The van der Waals surface area contributed by atoms with Gasteiger partial charge >= 0.3 is 6.23 Å². The van der Waals surface area contributed by atoms with Crippen molar-refractivity contribution in [2.24, 2.45) is 10.5 Å². The van der Waals surface area contributed by atoms with E-state index >= 15 is 0 Å². The van der Waals surface area contributed by atoms with Gasteiger partial charge in [0.1, 0.15) is 11.7 Å². The van der Waals surface area contributed by atoms with Crippen LogP contribution in [-0.2, 0) is 4.74 Å². The lowest BCUT2D eigenvalue weighted by Gasteiger charge is -2.31. The summed E-state index contributed by atoms with van der Waals surface area (Å²) in [5.41, 5.74) is 6.26. The maximum atomic E-state index is 11.8. The van der Waals surface area contributed by atoms with Gasteiger partial charge in [0.05, 0.1) is 16.3 Å². The maximum Gasteiger partial charge on any atom is 0.364 e. The van der Waals surface area contributed by atoms with Crippen LogP contribution in [0.5, 0.6) is 0 Å². The zero-order valence-corrected chi connectivity index (χ0v) is 17.0. The number of para-hydroxylation sites is 1. The Balaban J connectivity index is 1.78. The van der Waals surface area contributed by atoms with Gasteiger partial charge in [0.25, 0.3) is 0 Å². The number of hydrazone groups is 1. The highest BCUT2D eigenvalue weighted by Crippen LogP contribution is 2.49. The second kappa shape index (κ2) is 7.52. The SMILES string of the molecule is CC1(C)CC2=C(/C(=N\Nc3ccccc3)C1)[C@@H](c1ccc(Cl)cc1)[C@@H]([N+](=O)[O-])O2. The molecule has 29 heavy (non-hydrogen) atoms. The average molecular weight is 412 g/mol. The number of benzene rings is 2. The van der Waals surface area contributed by atoms with Crippen LogP contribution in [0, 0.1) is 15.5 Å². The molecule has 0 spiro atoms. The first-order valence-corrected chi connectivity index (χ1v) is 9.88. The van der Waals surface area contributed by atoms with Crippen molar-refractivity contribution in [3.63, 3.8) is 0 Å². The molecule has 2 aromatic rings. The van der Waals surface area contributed by atoms with Crippen molar-refractivity contribution in [1.82, 2.24) is 0 Å². The van der Waals surface area contributed by atoms with Crippen LogP contribution in [-0.4, -0.2) is 16.9 Å². The van der Waals surface area contributed by atoms with E-state index in [0.717, 1.165) is 22.5 Å². The number of rotatable bonds is 4. The van der Waals surface area contributed by atoms with Crippen LogP contribution in [0.1, 0.15) is 38.2 Å². The third-order valence-corrected chi connectivity index (χ3v) is 5.54. The van der Waals surface area contributed by atoms with Crippen LogP contribution in [0.2, 0.25) is 5.02 Å². The second-order valence-electron chi connectivity index (χ2n) is 8.21. The van der Waals surface area contributed by atoms with E-state index in [1.54, 1.807) is 12.1 Å². The van der Waals surface area contributed by atoms with E-state index < -0.39 is 12.1 Å². The first kappa shape index (κ1) is 19.5. The third-order valence-electron chi connectivity index (χ3n) is 5.29. The van der Waals surface area contributed by atoms with Gasteiger partial charge in [-0.1, -0.05) is 55.8 Å². The highest BCUT2D eigenvalue weighted by molar-refractivity contribution is 6.30. The fraction of sp³-hybridized carbons (Fsp3) is 0.318. The summed E-state index contributed by atoms with van der Waals surface area (Å²) in [5, 5.41) is 17.1. The van der Waals surface area contributed by atoms with Crippen molar-refractivity contribution in [3.8, 4) is 0 Å². The number of hydrogen-bond acceptors (Lipinski definition) is 5. The summed E-state index contributed by atoms with van der Waals surface area (Å²) < 4.78 is 5.88. The molecular weight excluding hydrogens is 390 g/mol. The zero-order chi connectivity index (χ0) is 20.6. The number of hydrogen-bond donors (Lipinski definition) is 1. The number of nitrogens with zero attached hydrogens (tertiary/aromatic N) is 2. The van der Waals surface area contributed by atoms with Crippen LogP contribution >= 0.6 is 11.6 Å². The quantitative estimate of drug-likeness (QED) is 0.524. The molecule has 0 saturated carbocycles. The van der Waals surface area contributed by atoms with E-state index in [1.165, 1.54) is 0 Å². The van der Waals surface area contributed by atoms with E-state index in [4.69, 9.17) is 16.3 Å². The number of anilines is 1. The summed E-state index contributed by atoms with van der Waals surface area (Å²) in [5.74, 6) is 0.140. The molecule has 150 valence electrons. The Morgan fingerprint density at radius 2 is 1.83 bits per heavy atom. The van der Waals surface area contributed by atoms with Gasteiger partial charge in [0.15, 0.2) is 0 Å². The van der Waals surface area contributed by atoms with Gasteiger partial charge in [0.2, 0.25) is 0 Å². The predicted octanol–water partition coefficient (Wildman–Crippen LogP) is 5.60. The van der Waals surface area contributed by atoms with Crippen molar-refractivity contribution in [1.29, 1.82) is 0 Å². The Labute approximate surface area is 174 Å². The van der Waals surface area contributed by atoms with Crippen LogP contribution in [0.4, 0.5) is 5.69 Å². The first-order chi connectivity index (χ1) is 13.8. The summed E-state index contributed by atoms with van der Waals surface area (Å²) in [6.07, 6.45) is 0.169. The van der Waals surface area contributed by atoms with E-state index in [1.807, 2.05) is 42.5 Å². The van der Waals surface area contributed by atoms with Gasteiger partial charge in [-0.3, -0.25) is 15.5 Å². The molecule has 0 fully saturated rings. The normalized spacial score (nSPS) is 24.2. The van der Waals surface area contributed by atoms with Crippen LogP contribution < -0.4 is 5.43 Å². The van der Waals surface area contributed by atoms with E-state index in [-0.39, 0.29) is 10.3 Å². The average Bonchev–Trinajstić information content (AvgIpc) is 3.06. The fourth-order valence-electron chi connectivity index (χ4n) is 4.03. The molecule has 0 radical (unpaired) electrons. The Morgan fingerprint density at radius 3 is 2.48 bits per heavy atom. The minimum atomic E-state index is -1.17. The Kier molecular flexibility index (Phi) is 5.04. The molecule has 2 aromatic carbocycles. The molecule has 0 saturated heterocycles. The molecule has 2 atom stereocenters. The minimum Gasteiger partial charge on any atom is -0.433 e. The number of nitrogens with one attached hydrogen (secondary N) is 1. The zero-order valence-electron chi connectivity index (χ0n) is 16.3. The molecule has 0 bridgehead atoms. The largest absolute Gasteiger partial charge is 0.433 e. The van der Waals surface area contributed by atoms with Gasteiger partial charge in [-0.25, -0.2) is 0 Å². The van der Waals surface area contributed by atoms with Crippen molar-refractivity contribution in [3.05, 3.63) is 86.6 Å². The number of nitro groups is 1. The monoisotopic (exact) mass is 411 g/mol. The second-order valence-corrected chi connectivity index (χ2v) is 8.65. The molecule has 6 nitrogen and oxygen atoms in total. The van der Waals surface area contributed by atoms with E-state index in [0.29, 0.717) is 23.6 Å². The van der Waals surface area contributed by atoms with Crippen LogP contribution in [0.25, 0.3) is 0 Å². The molecule has 0 aromatic heterocycles. The molecule has 4 rings (SSSR count). The highest BCUT2D eigenvalue weighted by Gasteiger charge is 2.50. The number of allylic oxidation sites excluding steroid dienone is 1. The lowest BCUT2D eigenvalue weighted by Crippen LogP contribution is -2.29. The number of ether oxygens (including phenoxy) is 1. The van der Waals surface area contributed by atoms with Crippen LogP contribution in [0.3, 0.4) is 0 Å². The molecule has 0 amide bonds. The first-order valence-electron chi connectivity index (χ1n) is 9.51. The van der Waals surface area contributed by atoms with Gasteiger partial charge < -0.3 is 4.74 Å². The molecule has 1 heterocycles. The van der Waals surface area contributed by atoms with Crippen molar-refractivity contribution < 1.29 is 9.66 Å². The lowest BCUT2D eigenvalue weighted by molar-refractivity contribution is -0.570. The minimum absolute atomic E-state index is 0.105. The lowest BCUT2D eigenvalue weighted by atomic mass is 9.73. The van der Waals surface area contributed by atoms with E-state index in [9.17, 15) is 10.1 Å². The molecule has 2 aliphatic rings. The molecule has 1 aliphatic heterocycles. The molecule has 7 heteroatoms. The summed E-state index contributed by atoms with van der Waals surface area (Å²) in [4.78, 5) is 11.5. The predicted molar refractivity (Wildman–Crippen MR) is 114 cm³/mol. The van der Waals surface area contributed by atoms with Gasteiger partial charge in [-0.05, 0) is 41.7 Å². The van der Waals surface area contributed by atoms with Crippen molar-refractivity contribution in [2.45, 2.75) is 38.8 Å². The van der Waals surface area contributed by atoms with Gasteiger partial charge in [-0.15, -0.1) is 0 Å². The maximum absolute atomic E-state index is 11.8. The highest BCUT2D eigenvalue weighted by atomic mass is 35.5. The van der Waals surface area contributed by atoms with Crippen molar-refractivity contribution in [2.75, 3.05) is 5.43 Å². The standard InChI is InChI=1S/C22H22ClN3O3/c1-22(2)12-17(25-24-16-6-4-3-5-7-16)20-18(13-22)29-21(26(27)28)19(20)14-8-10-15(23)11-9-14/h3-11,19,21,24H,12-13H2,1-2H3/b25-17-/t19-,21+/m1/s1. The third kappa shape index (κ3) is 3.98. The molecule has 1 N–H and O–H groups in total. The Morgan fingerprint density at radius 1 is 1.14 bits per heavy atom. The fourth-order valence-corrected chi connectivity index (χ4v) is 4.15. The summed E-state index contributed by atoms with van der Waals surface area (Å²) in [6.45, 7) is 4.24. The topological polar surface area (TPSA) is 76.8 Å². The van der Waals surface area contributed by atoms with E-state index in [2.05, 4.69) is 24.4 Å². The molecular formula is C22H22ClN3O3. The molecule has 1 aliphatic carbocycles. The smallest absolute Gasteiger partial charge is 0.364 e. The Bertz CT molecular complexity index is 984. The number of halogens is 1. The van der Waals surface area contributed by atoms with Gasteiger partial charge in [0, 0.05) is 17.0 Å². The Hall–Kier alpha value is -2.86.